The van der Waals surface area contributed by atoms with Gasteiger partial charge in [-0.25, -0.2) is 24.7 Å². The van der Waals surface area contributed by atoms with Crippen molar-refractivity contribution in [2.24, 2.45) is 0 Å². The van der Waals surface area contributed by atoms with Crippen LogP contribution >= 0.6 is 0 Å². The summed E-state index contributed by atoms with van der Waals surface area (Å²) in [7, 11) is 1.50. The molecular weight excluding hydrogens is 260 g/mol. The number of hydrogen-bond donors (Lipinski definition) is 1. The second-order valence-electron chi connectivity index (χ2n) is 4.05. The Morgan fingerprint density at radius 2 is 2.15 bits per heavy atom. The third-order valence-corrected chi connectivity index (χ3v) is 2.67. The molecule has 20 heavy (non-hydrogen) atoms. The fourth-order valence-electron chi connectivity index (χ4n) is 1.72. The van der Waals surface area contributed by atoms with E-state index in [2.05, 4.69) is 19.9 Å². The number of carboxylic acid groups (broad SMARTS) is 1. The number of nitrogens with zero attached hydrogens (tertiary/aromatic N) is 4. The number of methoxy groups -OCH3 is 1. The smallest absolute Gasteiger partial charge is 0.339 e. The maximum Gasteiger partial charge on any atom is 0.339 e. The Morgan fingerprint density at radius 1 is 1.35 bits per heavy atom. The zero-order valence-electron chi connectivity index (χ0n) is 11.2. The molecule has 2 aromatic heterocycles. The Labute approximate surface area is 115 Å². The van der Waals surface area contributed by atoms with Crippen LogP contribution in [-0.4, -0.2) is 38.1 Å². The molecule has 0 aliphatic carbocycles. The van der Waals surface area contributed by atoms with E-state index in [0.29, 0.717) is 29.5 Å². The van der Waals surface area contributed by atoms with Crippen molar-refractivity contribution in [2.45, 2.75) is 19.8 Å². The topological polar surface area (TPSA) is 98.1 Å². The minimum atomic E-state index is -1.03. The monoisotopic (exact) mass is 274 g/mol. The summed E-state index contributed by atoms with van der Waals surface area (Å²) >= 11 is 0. The van der Waals surface area contributed by atoms with Crippen LogP contribution < -0.4 is 4.74 Å². The lowest BCUT2D eigenvalue weighted by atomic mass is 10.1. The lowest BCUT2D eigenvalue weighted by Gasteiger charge is -2.06. The van der Waals surface area contributed by atoms with Crippen molar-refractivity contribution in [3.05, 3.63) is 29.8 Å². The van der Waals surface area contributed by atoms with Crippen molar-refractivity contribution in [2.75, 3.05) is 7.11 Å². The summed E-state index contributed by atoms with van der Waals surface area (Å²) < 4.78 is 5.02. The summed E-state index contributed by atoms with van der Waals surface area (Å²) in [6, 6.07) is 1.60. The molecule has 0 aliphatic rings. The SMILES string of the molecule is CCCc1nc(-c2cc(OC)ncn2)ncc1C(=O)O. The molecule has 0 amide bonds. The van der Waals surface area contributed by atoms with Gasteiger partial charge in [-0.05, 0) is 6.42 Å². The van der Waals surface area contributed by atoms with Crippen molar-refractivity contribution in [1.82, 2.24) is 19.9 Å². The summed E-state index contributed by atoms with van der Waals surface area (Å²) in [6.07, 6.45) is 4.02. The van der Waals surface area contributed by atoms with Crippen molar-refractivity contribution < 1.29 is 14.6 Å². The molecule has 7 nitrogen and oxygen atoms in total. The summed E-state index contributed by atoms with van der Waals surface area (Å²) in [5.74, 6) is -0.266. The van der Waals surface area contributed by atoms with E-state index in [1.807, 2.05) is 6.92 Å². The Morgan fingerprint density at radius 3 is 2.80 bits per heavy atom. The number of carbonyl (C=O) groups is 1. The summed E-state index contributed by atoms with van der Waals surface area (Å²) in [4.78, 5) is 27.4. The predicted molar refractivity (Wildman–Crippen MR) is 70.6 cm³/mol. The number of ether oxygens (including phenoxy) is 1. The van der Waals surface area contributed by atoms with Crippen LogP contribution in [0.25, 0.3) is 11.5 Å². The minimum absolute atomic E-state index is 0.122. The molecule has 2 rings (SSSR count). The zero-order valence-corrected chi connectivity index (χ0v) is 11.2. The number of rotatable bonds is 5. The Hall–Kier alpha value is -2.57. The molecule has 7 heteroatoms. The van der Waals surface area contributed by atoms with Gasteiger partial charge in [0.05, 0.1) is 18.4 Å². The van der Waals surface area contributed by atoms with Crippen molar-refractivity contribution in [3.8, 4) is 17.4 Å². The minimum Gasteiger partial charge on any atom is -0.481 e. The molecule has 0 radical (unpaired) electrons. The lowest BCUT2D eigenvalue weighted by molar-refractivity contribution is 0.0694. The number of aromatic carboxylic acids is 1. The van der Waals surface area contributed by atoms with Gasteiger partial charge in [-0.3, -0.25) is 0 Å². The summed E-state index contributed by atoms with van der Waals surface area (Å²) in [6.45, 7) is 1.96. The van der Waals surface area contributed by atoms with Crippen molar-refractivity contribution in [1.29, 1.82) is 0 Å². The quantitative estimate of drug-likeness (QED) is 0.883. The van der Waals surface area contributed by atoms with E-state index in [0.717, 1.165) is 6.42 Å². The highest BCUT2D eigenvalue weighted by Crippen LogP contribution is 2.18. The van der Waals surface area contributed by atoms with Gasteiger partial charge in [-0.2, -0.15) is 0 Å². The molecule has 0 aromatic carbocycles. The molecule has 0 saturated heterocycles. The van der Waals surface area contributed by atoms with Gasteiger partial charge >= 0.3 is 5.97 Å². The van der Waals surface area contributed by atoms with Gasteiger partial charge in [0.2, 0.25) is 5.88 Å². The largest absolute Gasteiger partial charge is 0.481 e. The summed E-state index contributed by atoms with van der Waals surface area (Å²) in [5.41, 5.74) is 1.12. The van der Waals surface area contributed by atoms with Crippen LogP contribution in [0.5, 0.6) is 5.88 Å². The second kappa shape index (κ2) is 6.05. The highest BCUT2D eigenvalue weighted by atomic mass is 16.5. The Kier molecular flexibility index (Phi) is 4.19. The molecule has 2 heterocycles. The fraction of sp³-hybridized carbons (Fsp3) is 0.308. The first-order valence-electron chi connectivity index (χ1n) is 6.11. The molecule has 0 spiro atoms. The normalized spacial score (nSPS) is 10.3. The van der Waals surface area contributed by atoms with Gasteiger partial charge in [0.15, 0.2) is 5.82 Å². The third kappa shape index (κ3) is 2.87. The van der Waals surface area contributed by atoms with E-state index >= 15 is 0 Å². The van der Waals surface area contributed by atoms with Crippen LogP contribution in [0.2, 0.25) is 0 Å². The summed E-state index contributed by atoms with van der Waals surface area (Å²) in [5, 5.41) is 9.11. The van der Waals surface area contributed by atoms with E-state index < -0.39 is 5.97 Å². The maximum atomic E-state index is 11.1. The second-order valence-corrected chi connectivity index (χ2v) is 4.05. The van der Waals surface area contributed by atoms with E-state index in [1.165, 1.54) is 19.6 Å². The number of aryl methyl sites for hydroxylation is 1. The average Bonchev–Trinajstić information content (AvgIpc) is 2.47. The molecule has 0 atom stereocenters. The number of hydrogen-bond acceptors (Lipinski definition) is 6. The highest BCUT2D eigenvalue weighted by molar-refractivity contribution is 5.88. The molecule has 0 fully saturated rings. The van der Waals surface area contributed by atoms with Crippen LogP contribution in [0.1, 0.15) is 29.4 Å². The first kappa shape index (κ1) is 13.9. The first-order valence-corrected chi connectivity index (χ1v) is 6.11. The number of carboxylic acids is 1. The average molecular weight is 274 g/mol. The molecular formula is C13H14N4O3. The van der Waals surface area contributed by atoms with Crippen LogP contribution in [0.15, 0.2) is 18.6 Å². The maximum absolute atomic E-state index is 11.1. The van der Waals surface area contributed by atoms with Crippen LogP contribution in [0, 0.1) is 0 Å². The first-order chi connectivity index (χ1) is 9.65. The molecule has 104 valence electrons. The number of aromatic nitrogens is 4. The van der Waals surface area contributed by atoms with Crippen molar-refractivity contribution in [3.63, 3.8) is 0 Å². The van der Waals surface area contributed by atoms with E-state index in [-0.39, 0.29) is 5.56 Å². The van der Waals surface area contributed by atoms with E-state index in [9.17, 15) is 4.79 Å². The van der Waals surface area contributed by atoms with Crippen molar-refractivity contribution >= 4 is 5.97 Å². The molecule has 0 aliphatic heterocycles. The van der Waals surface area contributed by atoms with Gasteiger partial charge in [0, 0.05) is 12.3 Å². The van der Waals surface area contributed by atoms with Crippen LogP contribution in [-0.2, 0) is 6.42 Å². The van der Waals surface area contributed by atoms with Gasteiger partial charge in [-0.15, -0.1) is 0 Å². The third-order valence-electron chi connectivity index (χ3n) is 2.67. The standard InChI is InChI=1S/C13H14N4O3/c1-3-4-9-8(13(18)19)6-14-12(17-9)10-5-11(20-2)16-7-15-10/h5-7H,3-4H2,1-2H3,(H,18,19). The molecule has 2 aromatic rings. The Bertz CT molecular complexity index is 631. The molecule has 1 N–H and O–H groups in total. The van der Waals surface area contributed by atoms with Crippen LogP contribution in [0.3, 0.4) is 0 Å². The van der Waals surface area contributed by atoms with Gasteiger partial charge in [0.25, 0.3) is 0 Å². The lowest BCUT2D eigenvalue weighted by Crippen LogP contribution is -2.08. The Balaban J connectivity index is 2.46. The van der Waals surface area contributed by atoms with E-state index in [4.69, 9.17) is 9.84 Å². The molecule has 0 saturated carbocycles. The predicted octanol–water partition coefficient (Wildman–Crippen LogP) is 1.59. The molecule has 0 bridgehead atoms. The highest BCUT2D eigenvalue weighted by Gasteiger charge is 2.14. The zero-order chi connectivity index (χ0) is 14.5. The van der Waals surface area contributed by atoms with Gasteiger partial charge in [0.1, 0.15) is 12.0 Å². The fourth-order valence-corrected chi connectivity index (χ4v) is 1.72. The van der Waals surface area contributed by atoms with Gasteiger partial charge < -0.3 is 9.84 Å². The van der Waals surface area contributed by atoms with Gasteiger partial charge in [-0.1, -0.05) is 13.3 Å². The molecule has 0 unspecified atom stereocenters. The van der Waals surface area contributed by atoms with E-state index in [1.54, 1.807) is 6.07 Å². The van der Waals surface area contributed by atoms with Crippen LogP contribution in [0.4, 0.5) is 0 Å².